The van der Waals surface area contributed by atoms with Crippen LogP contribution in [0.4, 0.5) is 4.79 Å². The first-order valence-electron chi connectivity index (χ1n) is 10.7. The Labute approximate surface area is 187 Å². The van der Waals surface area contributed by atoms with Crippen LogP contribution in [0, 0.1) is 0 Å². The summed E-state index contributed by atoms with van der Waals surface area (Å²) >= 11 is 0. The number of pyridine rings is 1. The first-order chi connectivity index (χ1) is 15.1. The van der Waals surface area contributed by atoms with E-state index in [0.29, 0.717) is 31.7 Å². The minimum absolute atomic E-state index is 0.226. The summed E-state index contributed by atoms with van der Waals surface area (Å²) < 4.78 is 17.7. The van der Waals surface area contributed by atoms with Crippen LogP contribution in [0.3, 0.4) is 0 Å². The summed E-state index contributed by atoms with van der Waals surface area (Å²) in [5.74, 6) is -0.292. The molecule has 2 aromatic rings. The molecule has 8 heteroatoms. The summed E-state index contributed by atoms with van der Waals surface area (Å²) in [5, 5.41) is 9.11. The highest BCUT2D eigenvalue weighted by Crippen LogP contribution is 2.50. The summed E-state index contributed by atoms with van der Waals surface area (Å²) in [7, 11) is 1.66. The molecule has 0 radical (unpaired) electrons. The number of likely N-dealkylation sites (tertiary alicyclic amines) is 1. The van der Waals surface area contributed by atoms with Gasteiger partial charge in [0, 0.05) is 44.2 Å². The maximum atomic E-state index is 12.4. The zero-order valence-corrected chi connectivity index (χ0v) is 18.8. The van der Waals surface area contributed by atoms with Crippen LogP contribution in [0.25, 0.3) is 11.3 Å². The Morgan fingerprint density at radius 2 is 1.84 bits per heavy atom. The molecule has 2 aliphatic heterocycles. The second-order valence-corrected chi connectivity index (χ2v) is 9.24. The summed E-state index contributed by atoms with van der Waals surface area (Å²) in [6.07, 6.45) is 2.31. The maximum absolute atomic E-state index is 12.4. The highest BCUT2D eigenvalue weighted by Gasteiger charge is 2.51. The second kappa shape index (κ2) is 8.09. The van der Waals surface area contributed by atoms with Gasteiger partial charge in [0.1, 0.15) is 23.1 Å². The van der Waals surface area contributed by atoms with Crippen molar-refractivity contribution in [2.75, 3.05) is 20.2 Å². The largest absolute Gasteiger partial charge is 0.482 e. The average Bonchev–Trinajstić information content (AvgIpc) is 3.04. The lowest BCUT2D eigenvalue weighted by Crippen LogP contribution is -2.52. The van der Waals surface area contributed by atoms with Crippen molar-refractivity contribution >= 4 is 12.1 Å². The van der Waals surface area contributed by atoms with E-state index >= 15 is 0 Å². The number of nitrogens with zero attached hydrogens (tertiary/aromatic N) is 2. The highest BCUT2D eigenvalue weighted by molar-refractivity contribution is 5.88. The second-order valence-electron chi connectivity index (χ2n) is 9.24. The van der Waals surface area contributed by atoms with E-state index < -0.39 is 17.2 Å². The molecule has 1 spiro atoms. The number of aromatic carboxylic acids is 1. The third kappa shape index (κ3) is 4.14. The molecule has 1 atom stereocenters. The predicted octanol–water partition coefficient (Wildman–Crippen LogP) is 4.30. The molecule has 8 nitrogen and oxygen atoms in total. The summed E-state index contributed by atoms with van der Waals surface area (Å²) in [4.78, 5) is 29.8. The third-order valence-corrected chi connectivity index (χ3v) is 5.90. The predicted molar refractivity (Wildman–Crippen MR) is 117 cm³/mol. The van der Waals surface area contributed by atoms with Crippen molar-refractivity contribution in [3.8, 4) is 17.0 Å². The molecule has 1 amide bonds. The molecule has 3 heterocycles. The van der Waals surface area contributed by atoms with Crippen molar-refractivity contribution in [1.82, 2.24) is 9.88 Å². The number of carboxylic acid groups (broad SMARTS) is 1. The minimum atomic E-state index is -0.967. The van der Waals surface area contributed by atoms with E-state index in [4.69, 9.17) is 19.3 Å². The number of aromatic nitrogens is 1. The fourth-order valence-electron chi connectivity index (χ4n) is 4.35. The maximum Gasteiger partial charge on any atom is 0.410 e. The van der Waals surface area contributed by atoms with Crippen molar-refractivity contribution < 1.29 is 28.9 Å². The van der Waals surface area contributed by atoms with Gasteiger partial charge in [0.15, 0.2) is 0 Å². The molecular formula is C24H28N2O6. The molecule has 4 rings (SSSR count). The zero-order valence-electron chi connectivity index (χ0n) is 18.8. The number of methoxy groups -OCH3 is 1. The van der Waals surface area contributed by atoms with E-state index in [1.807, 2.05) is 26.8 Å². The van der Waals surface area contributed by atoms with E-state index in [0.717, 1.165) is 16.8 Å². The van der Waals surface area contributed by atoms with Crippen LogP contribution >= 0.6 is 0 Å². The molecule has 1 saturated heterocycles. The molecule has 1 fully saturated rings. The number of fused-ring (bicyclic) bond motifs is 1. The monoisotopic (exact) mass is 440 g/mol. The number of ether oxygens (including phenoxy) is 3. The Morgan fingerprint density at radius 1 is 1.19 bits per heavy atom. The standard InChI is InChI=1S/C24H28N2O6/c1-23(2,3)32-22(29)26-11-9-24(10-12-26)20(30-4)17-13-18(25-14-19(17)31-24)15-5-7-16(8-6-15)21(27)28/h5-8,13-14,20H,9-12H2,1-4H3,(H,27,28). The lowest BCUT2D eigenvalue weighted by molar-refractivity contribution is -0.0859. The van der Waals surface area contributed by atoms with Crippen LogP contribution < -0.4 is 4.74 Å². The van der Waals surface area contributed by atoms with Crippen LogP contribution in [-0.2, 0) is 9.47 Å². The summed E-state index contributed by atoms with van der Waals surface area (Å²) in [6.45, 7) is 6.59. The normalized spacial score (nSPS) is 19.4. The Morgan fingerprint density at radius 3 is 2.41 bits per heavy atom. The van der Waals surface area contributed by atoms with Gasteiger partial charge in [-0.25, -0.2) is 9.59 Å². The van der Waals surface area contributed by atoms with E-state index in [1.54, 1.807) is 42.5 Å². The van der Waals surface area contributed by atoms with Gasteiger partial charge in [0.2, 0.25) is 0 Å². The van der Waals surface area contributed by atoms with Crippen molar-refractivity contribution in [1.29, 1.82) is 0 Å². The third-order valence-electron chi connectivity index (χ3n) is 5.90. The number of benzene rings is 1. The van der Waals surface area contributed by atoms with Crippen LogP contribution in [-0.4, -0.2) is 58.5 Å². The van der Waals surface area contributed by atoms with Crippen LogP contribution in [0.5, 0.6) is 5.75 Å². The number of hydrogen-bond donors (Lipinski definition) is 1. The number of carboxylic acids is 1. The fourth-order valence-corrected chi connectivity index (χ4v) is 4.35. The van der Waals surface area contributed by atoms with Gasteiger partial charge in [-0.1, -0.05) is 12.1 Å². The summed E-state index contributed by atoms with van der Waals surface area (Å²) in [6, 6.07) is 8.54. The quantitative estimate of drug-likeness (QED) is 0.760. The van der Waals surface area contributed by atoms with Gasteiger partial charge in [-0.05, 0) is 39.0 Å². The molecule has 32 heavy (non-hydrogen) atoms. The number of amides is 1. The molecule has 1 aromatic heterocycles. The van der Waals surface area contributed by atoms with Crippen LogP contribution in [0.1, 0.15) is 55.6 Å². The fraction of sp³-hybridized carbons (Fsp3) is 0.458. The van der Waals surface area contributed by atoms with Gasteiger partial charge in [-0.15, -0.1) is 0 Å². The molecule has 0 bridgehead atoms. The molecule has 1 unspecified atom stereocenters. The summed E-state index contributed by atoms with van der Waals surface area (Å²) in [5.41, 5.74) is 1.56. The van der Waals surface area contributed by atoms with Crippen molar-refractivity contribution in [2.45, 2.75) is 50.9 Å². The topological polar surface area (TPSA) is 98.2 Å². The molecule has 0 saturated carbocycles. The van der Waals surface area contributed by atoms with Gasteiger partial charge < -0.3 is 24.2 Å². The molecule has 2 aliphatic rings. The zero-order chi connectivity index (χ0) is 23.1. The Hall–Kier alpha value is -3.13. The average molecular weight is 440 g/mol. The molecular weight excluding hydrogens is 412 g/mol. The van der Waals surface area contributed by atoms with E-state index in [1.165, 1.54) is 0 Å². The SMILES string of the molecule is COC1c2cc(-c3ccc(C(=O)O)cc3)ncc2OC12CCN(C(=O)OC(C)(C)C)CC2. The van der Waals surface area contributed by atoms with Gasteiger partial charge in [0.05, 0.1) is 17.5 Å². The molecule has 1 N–H and O–H groups in total. The van der Waals surface area contributed by atoms with Crippen LogP contribution in [0.15, 0.2) is 36.5 Å². The van der Waals surface area contributed by atoms with E-state index in [-0.39, 0.29) is 17.8 Å². The number of piperidine rings is 1. The van der Waals surface area contributed by atoms with Crippen molar-refractivity contribution in [2.24, 2.45) is 0 Å². The molecule has 0 aliphatic carbocycles. The number of carbonyl (C=O) groups is 2. The Balaban J connectivity index is 1.53. The molecule has 1 aromatic carbocycles. The lowest BCUT2D eigenvalue weighted by atomic mass is 9.84. The van der Waals surface area contributed by atoms with E-state index in [9.17, 15) is 9.59 Å². The Kier molecular flexibility index (Phi) is 5.58. The first-order valence-corrected chi connectivity index (χ1v) is 10.7. The van der Waals surface area contributed by atoms with Gasteiger partial charge in [0.25, 0.3) is 0 Å². The van der Waals surface area contributed by atoms with Crippen molar-refractivity contribution in [3.05, 3.63) is 47.7 Å². The lowest BCUT2D eigenvalue weighted by Gasteiger charge is -2.41. The number of carbonyl (C=O) groups excluding carboxylic acids is 1. The smallest absolute Gasteiger partial charge is 0.410 e. The minimum Gasteiger partial charge on any atom is -0.482 e. The molecule has 170 valence electrons. The number of rotatable bonds is 3. The van der Waals surface area contributed by atoms with Gasteiger partial charge in [-0.2, -0.15) is 0 Å². The first kappa shape index (κ1) is 22.1. The Bertz CT molecular complexity index is 1020. The van der Waals surface area contributed by atoms with Gasteiger partial charge >= 0.3 is 12.1 Å². The number of hydrogen-bond acceptors (Lipinski definition) is 6. The van der Waals surface area contributed by atoms with Crippen LogP contribution in [0.2, 0.25) is 0 Å². The van der Waals surface area contributed by atoms with Gasteiger partial charge in [-0.3, -0.25) is 4.98 Å². The van der Waals surface area contributed by atoms with Crippen molar-refractivity contribution in [3.63, 3.8) is 0 Å². The highest BCUT2D eigenvalue weighted by atomic mass is 16.6. The van der Waals surface area contributed by atoms with E-state index in [2.05, 4.69) is 4.98 Å².